The molecule has 0 spiro atoms. The van der Waals surface area contributed by atoms with Crippen molar-refractivity contribution in [2.75, 3.05) is 20.2 Å². The lowest BCUT2D eigenvalue weighted by Gasteiger charge is -2.22. The van der Waals surface area contributed by atoms with E-state index in [9.17, 15) is 14.7 Å². The van der Waals surface area contributed by atoms with E-state index in [0.29, 0.717) is 0 Å². The van der Waals surface area contributed by atoms with E-state index < -0.39 is 30.0 Å². The first-order valence-corrected chi connectivity index (χ1v) is 4.77. The topological polar surface area (TPSA) is 122 Å². The molecule has 0 aliphatic heterocycles. The molecule has 0 fully saturated rings. The van der Waals surface area contributed by atoms with Gasteiger partial charge in [-0.25, -0.2) is 0 Å². The van der Waals surface area contributed by atoms with Crippen LogP contribution in [0.5, 0.6) is 0 Å². The van der Waals surface area contributed by atoms with Crippen molar-refractivity contribution in [2.24, 2.45) is 5.73 Å². The van der Waals surface area contributed by atoms with Crippen molar-refractivity contribution in [1.29, 1.82) is 0 Å². The Balaban J connectivity index is 4.12. The second-order valence-corrected chi connectivity index (χ2v) is 3.75. The fraction of sp³-hybridized carbons (Fsp3) is 0.778. The van der Waals surface area contributed by atoms with E-state index in [1.54, 1.807) is 0 Å². The largest absolute Gasteiger partial charge is 0.481 e. The molecule has 0 radical (unpaired) electrons. The van der Waals surface area contributed by atoms with Crippen LogP contribution in [0.4, 0.5) is 0 Å². The third kappa shape index (κ3) is 5.64. The zero-order valence-electron chi connectivity index (χ0n) is 9.40. The van der Waals surface area contributed by atoms with E-state index in [2.05, 4.69) is 5.32 Å². The summed E-state index contributed by atoms with van der Waals surface area (Å²) < 4.78 is 4.77. The Morgan fingerprint density at radius 3 is 2.50 bits per heavy atom. The van der Waals surface area contributed by atoms with Crippen LogP contribution in [0.15, 0.2) is 0 Å². The molecule has 0 saturated carbocycles. The van der Waals surface area contributed by atoms with Crippen LogP contribution in [-0.2, 0) is 14.3 Å². The van der Waals surface area contributed by atoms with E-state index in [1.807, 2.05) is 0 Å². The molecule has 0 aromatic heterocycles. The zero-order chi connectivity index (χ0) is 12.8. The predicted octanol–water partition coefficient (Wildman–Crippen LogP) is -1.70. The van der Waals surface area contributed by atoms with Gasteiger partial charge in [-0.05, 0) is 6.92 Å². The standard InChI is InChI=1S/C9H18N2O5/c1-9(15,3-7(12)13)5-11-8(14)6(4-10)16-2/h6,15H,3-5,10H2,1-2H3,(H,11,14)(H,12,13). The maximum Gasteiger partial charge on any atom is 0.306 e. The molecular formula is C9H18N2O5. The second kappa shape index (κ2) is 6.41. The van der Waals surface area contributed by atoms with Crippen LogP contribution in [-0.4, -0.2) is 54.0 Å². The number of carbonyl (C=O) groups excluding carboxylic acids is 1. The Labute approximate surface area is 93.6 Å². The Bertz CT molecular complexity index is 250. The Morgan fingerprint density at radius 2 is 2.12 bits per heavy atom. The number of hydrogen-bond donors (Lipinski definition) is 4. The van der Waals surface area contributed by atoms with E-state index >= 15 is 0 Å². The zero-order valence-corrected chi connectivity index (χ0v) is 9.40. The van der Waals surface area contributed by atoms with Crippen molar-refractivity contribution >= 4 is 11.9 Å². The molecular weight excluding hydrogens is 216 g/mol. The summed E-state index contributed by atoms with van der Waals surface area (Å²) in [5, 5.41) is 20.5. The number of carboxylic acids is 1. The van der Waals surface area contributed by atoms with Gasteiger partial charge in [-0.3, -0.25) is 9.59 Å². The number of aliphatic hydroxyl groups is 1. The minimum atomic E-state index is -1.49. The van der Waals surface area contributed by atoms with Gasteiger partial charge in [0.15, 0.2) is 0 Å². The highest BCUT2D eigenvalue weighted by Gasteiger charge is 2.26. The monoisotopic (exact) mass is 234 g/mol. The van der Waals surface area contributed by atoms with Crippen molar-refractivity contribution in [2.45, 2.75) is 25.0 Å². The maximum absolute atomic E-state index is 11.4. The number of rotatable bonds is 7. The Morgan fingerprint density at radius 1 is 1.56 bits per heavy atom. The molecule has 16 heavy (non-hydrogen) atoms. The number of nitrogens with two attached hydrogens (primary N) is 1. The third-order valence-electron chi connectivity index (χ3n) is 1.97. The van der Waals surface area contributed by atoms with Crippen LogP contribution in [0.2, 0.25) is 0 Å². The molecule has 7 heteroatoms. The Kier molecular flexibility index (Phi) is 5.94. The first-order chi connectivity index (χ1) is 7.32. The summed E-state index contributed by atoms with van der Waals surface area (Å²) in [5.41, 5.74) is 3.77. The third-order valence-corrected chi connectivity index (χ3v) is 1.97. The van der Waals surface area contributed by atoms with Gasteiger partial charge < -0.3 is 26.0 Å². The number of methoxy groups -OCH3 is 1. The SMILES string of the molecule is COC(CN)C(=O)NCC(C)(O)CC(=O)O. The van der Waals surface area contributed by atoms with E-state index in [1.165, 1.54) is 14.0 Å². The second-order valence-electron chi connectivity index (χ2n) is 3.75. The van der Waals surface area contributed by atoms with Gasteiger partial charge in [-0.1, -0.05) is 0 Å². The number of hydrogen-bond acceptors (Lipinski definition) is 5. The average molecular weight is 234 g/mol. The van der Waals surface area contributed by atoms with Gasteiger partial charge in [-0.15, -0.1) is 0 Å². The lowest BCUT2D eigenvalue weighted by atomic mass is 10.0. The Hall–Kier alpha value is -1.18. The molecule has 0 saturated heterocycles. The molecule has 0 aromatic rings. The van der Waals surface area contributed by atoms with Crippen LogP contribution >= 0.6 is 0 Å². The molecule has 0 heterocycles. The summed E-state index contributed by atoms with van der Waals surface area (Å²) in [6, 6.07) is 0. The van der Waals surface area contributed by atoms with Crippen LogP contribution in [0.1, 0.15) is 13.3 Å². The summed E-state index contributed by atoms with van der Waals surface area (Å²) in [5.74, 6) is -1.61. The highest BCUT2D eigenvalue weighted by Crippen LogP contribution is 2.07. The van der Waals surface area contributed by atoms with Gasteiger partial charge in [-0.2, -0.15) is 0 Å². The molecule has 0 bridgehead atoms. The molecule has 2 unspecified atom stereocenters. The summed E-state index contributed by atoms with van der Waals surface area (Å²) in [4.78, 5) is 21.8. The number of aliphatic carboxylic acids is 1. The lowest BCUT2D eigenvalue weighted by Crippen LogP contribution is -2.47. The van der Waals surface area contributed by atoms with Gasteiger partial charge in [0.2, 0.25) is 0 Å². The number of carboxylic acid groups (broad SMARTS) is 1. The summed E-state index contributed by atoms with van der Waals surface area (Å²) in [6.45, 7) is 1.17. The number of amides is 1. The van der Waals surface area contributed by atoms with Gasteiger partial charge in [0.25, 0.3) is 5.91 Å². The minimum absolute atomic E-state index is 0.0173. The van der Waals surface area contributed by atoms with Crippen LogP contribution in [0.25, 0.3) is 0 Å². The molecule has 5 N–H and O–H groups in total. The number of nitrogens with one attached hydrogen (secondary N) is 1. The average Bonchev–Trinajstić information content (AvgIpc) is 2.15. The molecule has 0 aliphatic rings. The van der Waals surface area contributed by atoms with Crippen LogP contribution in [0.3, 0.4) is 0 Å². The fourth-order valence-electron chi connectivity index (χ4n) is 1.09. The van der Waals surface area contributed by atoms with Crippen molar-refractivity contribution in [3.8, 4) is 0 Å². The first-order valence-electron chi connectivity index (χ1n) is 4.77. The molecule has 94 valence electrons. The maximum atomic E-state index is 11.4. The first kappa shape index (κ1) is 14.8. The molecule has 0 aromatic carbocycles. The van der Waals surface area contributed by atoms with Gasteiger partial charge >= 0.3 is 5.97 Å². The van der Waals surface area contributed by atoms with E-state index in [-0.39, 0.29) is 13.1 Å². The minimum Gasteiger partial charge on any atom is -0.481 e. The van der Waals surface area contributed by atoms with Gasteiger partial charge in [0, 0.05) is 20.2 Å². The van der Waals surface area contributed by atoms with E-state index in [0.717, 1.165) is 0 Å². The van der Waals surface area contributed by atoms with Crippen molar-refractivity contribution in [1.82, 2.24) is 5.32 Å². The van der Waals surface area contributed by atoms with Crippen LogP contribution < -0.4 is 11.1 Å². The van der Waals surface area contributed by atoms with Crippen molar-refractivity contribution < 1.29 is 24.5 Å². The van der Waals surface area contributed by atoms with Crippen LogP contribution in [0, 0.1) is 0 Å². The molecule has 0 rings (SSSR count). The van der Waals surface area contributed by atoms with Crippen molar-refractivity contribution in [3.05, 3.63) is 0 Å². The summed E-state index contributed by atoms with van der Waals surface area (Å²) in [6.07, 6.45) is -1.24. The highest BCUT2D eigenvalue weighted by atomic mass is 16.5. The summed E-state index contributed by atoms with van der Waals surface area (Å²) >= 11 is 0. The normalized spacial score (nSPS) is 16.2. The predicted molar refractivity (Wildman–Crippen MR) is 55.7 cm³/mol. The molecule has 7 nitrogen and oxygen atoms in total. The smallest absolute Gasteiger partial charge is 0.306 e. The summed E-state index contributed by atoms with van der Waals surface area (Å²) in [7, 11) is 1.34. The fourth-order valence-corrected chi connectivity index (χ4v) is 1.09. The molecule has 1 amide bonds. The van der Waals surface area contributed by atoms with Crippen molar-refractivity contribution in [3.63, 3.8) is 0 Å². The van der Waals surface area contributed by atoms with Gasteiger partial charge in [0.1, 0.15) is 6.10 Å². The highest BCUT2D eigenvalue weighted by molar-refractivity contribution is 5.81. The number of carbonyl (C=O) groups is 2. The molecule has 2 atom stereocenters. The lowest BCUT2D eigenvalue weighted by molar-refractivity contribution is -0.143. The molecule has 0 aliphatic carbocycles. The number of ether oxygens (including phenoxy) is 1. The quantitative estimate of drug-likeness (QED) is 0.416. The van der Waals surface area contributed by atoms with Gasteiger partial charge in [0.05, 0.1) is 12.0 Å². The van der Waals surface area contributed by atoms with E-state index in [4.69, 9.17) is 15.6 Å².